The first-order valence-corrected chi connectivity index (χ1v) is 5.62. The van der Waals surface area contributed by atoms with Gasteiger partial charge in [0.25, 0.3) is 0 Å². The molecule has 0 amide bonds. The van der Waals surface area contributed by atoms with Gasteiger partial charge < -0.3 is 16.0 Å². The molecule has 0 spiro atoms. The standard InChI is InChI=1S/C13H19N3/c1-13(2,8-15-9-14)11-7-16-12-6-4-3-5-10(11)12/h3-7,15-16H,8-9,14H2,1-2H3. The molecule has 0 unspecified atom stereocenters. The van der Waals surface area contributed by atoms with Crippen LogP contribution in [0.4, 0.5) is 0 Å². The molecule has 86 valence electrons. The van der Waals surface area contributed by atoms with Gasteiger partial charge in [0.2, 0.25) is 0 Å². The maximum atomic E-state index is 5.48. The van der Waals surface area contributed by atoms with E-state index in [9.17, 15) is 0 Å². The normalized spacial score (nSPS) is 12.2. The summed E-state index contributed by atoms with van der Waals surface area (Å²) in [5.74, 6) is 0. The molecule has 0 aliphatic carbocycles. The summed E-state index contributed by atoms with van der Waals surface area (Å²) in [6.45, 7) is 5.85. The molecule has 16 heavy (non-hydrogen) atoms. The molecular weight excluding hydrogens is 198 g/mol. The van der Waals surface area contributed by atoms with E-state index < -0.39 is 0 Å². The molecule has 0 radical (unpaired) electrons. The van der Waals surface area contributed by atoms with E-state index >= 15 is 0 Å². The number of hydrogen-bond donors (Lipinski definition) is 3. The van der Waals surface area contributed by atoms with E-state index in [0.29, 0.717) is 6.67 Å². The Bertz CT molecular complexity index is 471. The molecule has 0 aliphatic heterocycles. The van der Waals surface area contributed by atoms with Crippen LogP contribution in [-0.2, 0) is 5.41 Å². The first kappa shape index (κ1) is 11.2. The van der Waals surface area contributed by atoms with Crippen LogP contribution in [0.1, 0.15) is 19.4 Å². The van der Waals surface area contributed by atoms with Gasteiger partial charge >= 0.3 is 0 Å². The molecule has 0 fully saturated rings. The minimum absolute atomic E-state index is 0.0823. The predicted octanol–water partition coefficient (Wildman–Crippen LogP) is 1.95. The summed E-state index contributed by atoms with van der Waals surface area (Å²) in [6.07, 6.45) is 2.10. The Labute approximate surface area is 96.0 Å². The summed E-state index contributed by atoms with van der Waals surface area (Å²) in [7, 11) is 0. The Kier molecular flexibility index (Phi) is 2.99. The summed E-state index contributed by atoms with van der Waals surface area (Å²) in [6, 6.07) is 8.39. The van der Waals surface area contributed by atoms with Crippen molar-refractivity contribution in [2.24, 2.45) is 5.73 Å². The molecule has 0 saturated heterocycles. The van der Waals surface area contributed by atoms with Crippen molar-refractivity contribution in [3.8, 4) is 0 Å². The van der Waals surface area contributed by atoms with Crippen molar-refractivity contribution in [1.29, 1.82) is 0 Å². The third kappa shape index (κ3) is 1.96. The second-order valence-electron chi connectivity index (χ2n) is 4.76. The fourth-order valence-electron chi connectivity index (χ4n) is 2.11. The maximum absolute atomic E-state index is 5.48. The second-order valence-corrected chi connectivity index (χ2v) is 4.76. The molecule has 3 heteroatoms. The van der Waals surface area contributed by atoms with Crippen molar-refractivity contribution in [2.75, 3.05) is 13.2 Å². The first-order chi connectivity index (χ1) is 7.65. The zero-order chi connectivity index (χ0) is 11.6. The first-order valence-electron chi connectivity index (χ1n) is 5.62. The molecule has 1 aromatic carbocycles. The highest BCUT2D eigenvalue weighted by Crippen LogP contribution is 2.29. The smallest absolute Gasteiger partial charge is 0.0457 e. The van der Waals surface area contributed by atoms with E-state index in [1.165, 1.54) is 16.5 Å². The Hall–Kier alpha value is -1.32. The van der Waals surface area contributed by atoms with Crippen molar-refractivity contribution >= 4 is 10.9 Å². The quantitative estimate of drug-likeness (QED) is 0.686. The zero-order valence-electron chi connectivity index (χ0n) is 9.88. The number of aromatic amines is 1. The van der Waals surface area contributed by atoms with Crippen LogP contribution >= 0.6 is 0 Å². The van der Waals surface area contributed by atoms with Gasteiger partial charge in [0, 0.05) is 35.7 Å². The number of fused-ring (bicyclic) bond motifs is 1. The van der Waals surface area contributed by atoms with E-state index in [2.05, 4.69) is 48.5 Å². The molecule has 2 aromatic rings. The number of H-pyrrole nitrogens is 1. The van der Waals surface area contributed by atoms with E-state index in [-0.39, 0.29) is 5.41 Å². The molecular formula is C13H19N3. The van der Waals surface area contributed by atoms with Gasteiger partial charge in [-0.25, -0.2) is 0 Å². The number of aromatic nitrogens is 1. The van der Waals surface area contributed by atoms with Crippen LogP contribution in [0, 0.1) is 0 Å². The van der Waals surface area contributed by atoms with E-state index in [1.807, 2.05) is 6.07 Å². The van der Waals surface area contributed by atoms with Crippen molar-refractivity contribution in [1.82, 2.24) is 10.3 Å². The van der Waals surface area contributed by atoms with Crippen molar-refractivity contribution in [3.63, 3.8) is 0 Å². The third-order valence-corrected chi connectivity index (χ3v) is 3.03. The van der Waals surface area contributed by atoms with Crippen LogP contribution < -0.4 is 11.1 Å². The summed E-state index contributed by atoms with van der Waals surface area (Å²) in [5.41, 5.74) is 8.10. The SMILES string of the molecule is CC(C)(CNCN)c1c[nH]c2ccccc12. The topological polar surface area (TPSA) is 53.8 Å². The molecule has 1 aromatic heterocycles. The molecule has 3 nitrogen and oxygen atoms in total. The number of para-hydroxylation sites is 1. The summed E-state index contributed by atoms with van der Waals surface area (Å²) >= 11 is 0. The van der Waals surface area contributed by atoms with Crippen molar-refractivity contribution in [2.45, 2.75) is 19.3 Å². The van der Waals surface area contributed by atoms with Gasteiger partial charge in [-0.15, -0.1) is 0 Å². The van der Waals surface area contributed by atoms with Crippen LogP contribution in [0.2, 0.25) is 0 Å². The van der Waals surface area contributed by atoms with Crippen molar-refractivity contribution < 1.29 is 0 Å². The maximum Gasteiger partial charge on any atom is 0.0457 e. The third-order valence-electron chi connectivity index (χ3n) is 3.03. The van der Waals surface area contributed by atoms with Gasteiger partial charge in [0.05, 0.1) is 0 Å². The van der Waals surface area contributed by atoms with E-state index in [1.54, 1.807) is 0 Å². The Balaban J connectivity index is 2.38. The molecule has 2 rings (SSSR count). The van der Waals surface area contributed by atoms with Crippen LogP contribution in [0.25, 0.3) is 10.9 Å². The van der Waals surface area contributed by atoms with E-state index in [4.69, 9.17) is 5.73 Å². The number of nitrogens with one attached hydrogen (secondary N) is 2. The van der Waals surface area contributed by atoms with Crippen LogP contribution in [-0.4, -0.2) is 18.2 Å². The molecule has 0 atom stereocenters. The molecule has 1 heterocycles. The van der Waals surface area contributed by atoms with Gasteiger partial charge in [-0.2, -0.15) is 0 Å². The highest BCUT2D eigenvalue weighted by atomic mass is 15.0. The highest BCUT2D eigenvalue weighted by molar-refractivity contribution is 5.84. The molecule has 0 saturated carbocycles. The zero-order valence-corrected chi connectivity index (χ0v) is 9.88. The van der Waals surface area contributed by atoms with Gasteiger partial charge in [-0.1, -0.05) is 32.0 Å². The second kappa shape index (κ2) is 4.28. The van der Waals surface area contributed by atoms with Gasteiger partial charge in [-0.3, -0.25) is 0 Å². The average Bonchev–Trinajstić information content (AvgIpc) is 2.71. The Morgan fingerprint density at radius 1 is 1.31 bits per heavy atom. The lowest BCUT2D eigenvalue weighted by atomic mass is 9.84. The lowest BCUT2D eigenvalue weighted by Crippen LogP contribution is -2.35. The fourth-order valence-corrected chi connectivity index (χ4v) is 2.11. The van der Waals surface area contributed by atoms with E-state index in [0.717, 1.165) is 6.54 Å². The lowest BCUT2D eigenvalue weighted by Gasteiger charge is -2.24. The molecule has 4 N–H and O–H groups in total. The molecule has 0 bridgehead atoms. The Morgan fingerprint density at radius 3 is 2.81 bits per heavy atom. The minimum Gasteiger partial charge on any atom is -0.361 e. The number of rotatable bonds is 4. The van der Waals surface area contributed by atoms with Crippen LogP contribution in [0.15, 0.2) is 30.5 Å². The number of hydrogen-bond acceptors (Lipinski definition) is 2. The fraction of sp³-hybridized carbons (Fsp3) is 0.385. The van der Waals surface area contributed by atoms with Gasteiger partial charge in [0.15, 0.2) is 0 Å². The summed E-state index contributed by atoms with van der Waals surface area (Å²) < 4.78 is 0. The van der Waals surface area contributed by atoms with Crippen molar-refractivity contribution in [3.05, 3.63) is 36.0 Å². The van der Waals surface area contributed by atoms with Crippen LogP contribution in [0.3, 0.4) is 0 Å². The number of benzene rings is 1. The number of nitrogens with two attached hydrogens (primary N) is 1. The summed E-state index contributed by atoms with van der Waals surface area (Å²) in [5, 5.41) is 4.50. The van der Waals surface area contributed by atoms with Gasteiger partial charge in [-0.05, 0) is 11.6 Å². The summed E-state index contributed by atoms with van der Waals surface area (Å²) in [4.78, 5) is 3.31. The predicted molar refractivity (Wildman–Crippen MR) is 68.4 cm³/mol. The highest BCUT2D eigenvalue weighted by Gasteiger charge is 2.23. The lowest BCUT2D eigenvalue weighted by molar-refractivity contribution is 0.478. The minimum atomic E-state index is 0.0823. The van der Waals surface area contributed by atoms with Crippen LogP contribution in [0.5, 0.6) is 0 Å². The monoisotopic (exact) mass is 217 g/mol. The van der Waals surface area contributed by atoms with Gasteiger partial charge in [0.1, 0.15) is 0 Å². The largest absolute Gasteiger partial charge is 0.361 e. The molecule has 0 aliphatic rings. The Morgan fingerprint density at radius 2 is 2.06 bits per heavy atom. The average molecular weight is 217 g/mol.